The molecule has 0 bridgehead atoms. The quantitative estimate of drug-likeness (QED) is 0.792. The van der Waals surface area contributed by atoms with Gasteiger partial charge in [0.1, 0.15) is 5.75 Å². The van der Waals surface area contributed by atoms with Gasteiger partial charge in [0.15, 0.2) is 17.3 Å². The van der Waals surface area contributed by atoms with E-state index in [1.807, 2.05) is 18.2 Å². The molecule has 0 amide bonds. The first-order valence-corrected chi connectivity index (χ1v) is 8.31. The van der Waals surface area contributed by atoms with Crippen molar-refractivity contribution < 1.29 is 19.4 Å². The van der Waals surface area contributed by atoms with Crippen molar-refractivity contribution in [2.75, 3.05) is 14.2 Å². The van der Waals surface area contributed by atoms with Crippen LogP contribution < -0.4 is 9.47 Å². The molecule has 0 heterocycles. The number of carbonyl (C=O) groups excluding carboxylic acids is 1. The van der Waals surface area contributed by atoms with Crippen LogP contribution in [0.15, 0.2) is 40.4 Å². The highest BCUT2D eigenvalue weighted by molar-refractivity contribution is 9.10. The molecule has 0 atom stereocenters. The Hall–Kier alpha value is -2.27. The third kappa shape index (κ3) is 3.04. The zero-order valence-electron chi connectivity index (χ0n) is 13.4. The lowest BCUT2D eigenvalue weighted by Crippen LogP contribution is -2.14. The Morgan fingerprint density at radius 3 is 2.62 bits per heavy atom. The molecule has 24 heavy (non-hydrogen) atoms. The van der Waals surface area contributed by atoms with Gasteiger partial charge in [-0.1, -0.05) is 15.9 Å². The van der Waals surface area contributed by atoms with Gasteiger partial charge in [-0.05, 0) is 60.4 Å². The number of ketones is 1. The smallest absolute Gasteiger partial charge is 0.189 e. The molecule has 124 valence electrons. The van der Waals surface area contributed by atoms with E-state index in [2.05, 4.69) is 15.9 Å². The van der Waals surface area contributed by atoms with Crippen molar-refractivity contribution in [3.05, 3.63) is 57.1 Å². The number of aryl methyl sites for hydroxylation is 1. The van der Waals surface area contributed by atoms with Gasteiger partial charge in [0.2, 0.25) is 0 Å². The number of phenols is 1. The molecule has 0 saturated heterocycles. The maximum atomic E-state index is 12.7. The number of benzene rings is 2. The van der Waals surface area contributed by atoms with Gasteiger partial charge < -0.3 is 14.6 Å². The Morgan fingerprint density at radius 2 is 1.92 bits per heavy atom. The number of halogens is 1. The van der Waals surface area contributed by atoms with Gasteiger partial charge in [-0.25, -0.2) is 0 Å². The zero-order chi connectivity index (χ0) is 17.3. The van der Waals surface area contributed by atoms with Gasteiger partial charge in [0.25, 0.3) is 0 Å². The monoisotopic (exact) mass is 388 g/mol. The summed E-state index contributed by atoms with van der Waals surface area (Å²) in [6.45, 7) is 0. The van der Waals surface area contributed by atoms with E-state index in [0.29, 0.717) is 16.6 Å². The molecule has 0 aliphatic heterocycles. The van der Waals surface area contributed by atoms with Crippen LogP contribution in [0.25, 0.3) is 6.08 Å². The second-order valence-electron chi connectivity index (χ2n) is 5.57. The highest BCUT2D eigenvalue weighted by Crippen LogP contribution is 2.35. The molecule has 1 aliphatic rings. The molecule has 1 N–H and O–H groups in total. The van der Waals surface area contributed by atoms with Crippen LogP contribution in [0.5, 0.6) is 17.2 Å². The van der Waals surface area contributed by atoms with Crippen LogP contribution in [0.1, 0.15) is 27.9 Å². The van der Waals surface area contributed by atoms with Gasteiger partial charge >= 0.3 is 0 Å². The second-order valence-corrected chi connectivity index (χ2v) is 6.42. The average molecular weight is 389 g/mol. The third-order valence-corrected chi connectivity index (χ3v) is 4.83. The maximum absolute atomic E-state index is 12.7. The summed E-state index contributed by atoms with van der Waals surface area (Å²) in [5.74, 6) is 1.22. The van der Waals surface area contributed by atoms with Crippen LogP contribution in [0.3, 0.4) is 0 Å². The van der Waals surface area contributed by atoms with E-state index in [1.54, 1.807) is 25.3 Å². The summed E-state index contributed by atoms with van der Waals surface area (Å²) in [5, 5.41) is 9.80. The van der Waals surface area contributed by atoms with Crippen molar-refractivity contribution in [1.82, 2.24) is 0 Å². The van der Waals surface area contributed by atoms with Gasteiger partial charge in [0, 0.05) is 15.6 Å². The van der Waals surface area contributed by atoms with Crippen LogP contribution in [0.2, 0.25) is 0 Å². The third-order valence-electron chi connectivity index (χ3n) is 4.14. The SMILES string of the molecule is COc1ccc2c(c1)CC/C(=C\c1cc(OC)c(O)cc1Br)C2=O. The fraction of sp³-hybridized carbons (Fsp3) is 0.211. The molecule has 2 aromatic carbocycles. The molecule has 0 unspecified atom stereocenters. The molecular weight excluding hydrogens is 372 g/mol. The molecule has 0 aromatic heterocycles. The lowest BCUT2D eigenvalue weighted by molar-refractivity contribution is 0.102. The number of hydrogen-bond acceptors (Lipinski definition) is 4. The number of ether oxygens (including phenoxy) is 2. The minimum absolute atomic E-state index is 0.0258. The van der Waals surface area contributed by atoms with E-state index in [4.69, 9.17) is 9.47 Å². The Kier molecular flexibility index (Phi) is 4.62. The number of methoxy groups -OCH3 is 2. The maximum Gasteiger partial charge on any atom is 0.189 e. The van der Waals surface area contributed by atoms with Gasteiger partial charge in [-0.3, -0.25) is 4.79 Å². The minimum Gasteiger partial charge on any atom is -0.504 e. The van der Waals surface area contributed by atoms with Crippen LogP contribution in [-0.4, -0.2) is 25.1 Å². The highest BCUT2D eigenvalue weighted by atomic mass is 79.9. The van der Waals surface area contributed by atoms with Crippen molar-refractivity contribution >= 4 is 27.8 Å². The largest absolute Gasteiger partial charge is 0.504 e. The van der Waals surface area contributed by atoms with Crippen LogP contribution in [-0.2, 0) is 6.42 Å². The van der Waals surface area contributed by atoms with Crippen molar-refractivity contribution in [2.45, 2.75) is 12.8 Å². The van der Waals surface area contributed by atoms with Crippen molar-refractivity contribution in [3.8, 4) is 17.2 Å². The Morgan fingerprint density at radius 1 is 1.12 bits per heavy atom. The van der Waals surface area contributed by atoms with E-state index >= 15 is 0 Å². The number of phenolic OH excluding ortho intramolecular Hbond substituents is 1. The molecule has 2 aromatic rings. The molecule has 4 nitrogen and oxygen atoms in total. The fourth-order valence-electron chi connectivity index (χ4n) is 2.84. The Bertz CT molecular complexity index is 840. The van der Waals surface area contributed by atoms with Gasteiger partial charge in [0.05, 0.1) is 14.2 Å². The predicted molar refractivity (Wildman–Crippen MR) is 96.0 cm³/mol. The number of hydrogen-bond donors (Lipinski definition) is 1. The summed E-state index contributed by atoms with van der Waals surface area (Å²) in [6.07, 6.45) is 3.30. The number of Topliss-reactive ketones (excluding diaryl/α,β-unsaturated/α-hetero) is 1. The summed E-state index contributed by atoms with van der Waals surface area (Å²) in [7, 11) is 3.11. The Labute approximate surface area is 148 Å². The molecule has 0 radical (unpaired) electrons. The number of allylic oxidation sites excluding steroid dienone is 1. The lowest BCUT2D eigenvalue weighted by Gasteiger charge is -2.18. The van der Waals surface area contributed by atoms with E-state index in [-0.39, 0.29) is 11.5 Å². The van der Waals surface area contributed by atoms with Crippen LogP contribution in [0, 0.1) is 0 Å². The number of fused-ring (bicyclic) bond motifs is 1. The number of aromatic hydroxyl groups is 1. The summed E-state index contributed by atoms with van der Waals surface area (Å²) in [6, 6.07) is 8.82. The molecule has 0 saturated carbocycles. The van der Waals surface area contributed by atoms with Crippen LogP contribution >= 0.6 is 15.9 Å². The van der Waals surface area contributed by atoms with E-state index < -0.39 is 0 Å². The second kappa shape index (κ2) is 6.69. The standard InChI is InChI=1S/C19H17BrO4/c1-23-14-5-6-15-11(8-14)3-4-12(19(15)22)7-13-9-18(24-2)17(21)10-16(13)20/h5-10,21H,3-4H2,1-2H3/b12-7+. The summed E-state index contributed by atoms with van der Waals surface area (Å²) in [4.78, 5) is 12.7. The molecule has 0 spiro atoms. The Balaban J connectivity index is 1.99. The summed E-state index contributed by atoms with van der Waals surface area (Å²) in [5.41, 5.74) is 3.26. The first-order chi connectivity index (χ1) is 11.5. The molecule has 5 heteroatoms. The minimum atomic E-state index is 0.0258. The summed E-state index contributed by atoms with van der Waals surface area (Å²) < 4.78 is 11.1. The predicted octanol–water partition coefficient (Wildman–Crippen LogP) is 4.38. The molecule has 0 fully saturated rings. The number of rotatable bonds is 3. The summed E-state index contributed by atoms with van der Waals surface area (Å²) >= 11 is 3.42. The molecule has 3 rings (SSSR count). The van der Waals surface area contributed by atoms with E-state index in [1.165, 1.54) is 7.11 Å². The normalized spacial score (nSPS) is 15.3. The van der Waals surface area contributed by atoms with Crippen LogP contribution in [0.4, 0.5) is 0 Å². The van der Waals surface area contributed by atoms with E-state index in [0.717, 1.165) is 34.4 Å². The first-order valence-electron chi connectivity index (χ1n) is 7.52. The fourth-order valence-corrected chi connectivity index (χ4v) is 3.29. The zero-order valence-corrected chi connectivity index (χ0v) is 15.0. The van der Waals surface area contributed by atoms with Gasteiger partial charge in [-0.2, -0.15) is 0 Å². The lowest BCUT2D eigenvalue weighted by atomic mass is 9.86. The first kappa shape index (κ1) is 16.6. The van der Waals surface area contributed by atoms with Crippen molar-refractivity contribution in [3.63, 3.8) is 0 Å². The average Bonchev–Trinajstić information content (AvgIpc) is 2.59. The topological polar surface area (TPSA) is 55.8 Å². The van der Waals surface area contributed by atoms with E-state index in [9.17, 15) is 9.90 Å². The molecule has 1 aliphatic carbocycles. The molecular formula is C19H17BrO4. The highest BCUT2D eigenvalue weighted by Gasteiger charge is 2.22. The number of carbonyl (C=O) groups is 1. The van der Waals surface area contributed by atoms with Gasteiger partial charge in [-0.15, -0.1) is 0 Å². The van der Waals surface area contributed by atoms with Crippen molar-refractivity contribution in [2.24, 2.45) is 0 Å². The van der Waals surface area contributed by atoms with Crippen molar-refractivity contribution in [1.29, 1.82) is 0 Å².